The highest BCUT2D eigenvalue weighted by molar-refractivity contribution is 6.07. The van der Waals surface area contributed by atoms with Gasteiger partial charge in [-0.05, 0) is 25.1 Å². The highest BCUT2D eigenvalue weighted by atomic mass is 16.2. The Balaban J connectivity index is 2.24. The van der Waals surface area contributed by atoms with Gasteiger partial charge in [-0.25, -0.2) is 0 Å². The lowest BCUT2D eigenvalue weighted by Gasteiger charge is -2.09. The van der Waals surface area contributed by atoms with E-state index in [9.17, 15) is 9.59 Å². The molecule has 2 rings (SSSR count). The number of nitrogens with two attached hydrogens (primary N) is 1. The molecule has 0 unspecified atom stereocenters. The van der Waals surface area contributed by atoms with Gasteiger partial charge in [0.15, 0.2) is 0 Å². The van der Waals surface area contributed by atoms with E-state index in [0.29, 0.717) is 29.2 Å². The first-order valence-electron chi connectivity index (χ1n) is 6.51. The number of nitrogens with zero attached hydrogens (tertiary/aromatic N) is 2. The second-order valence-corrected chi connectivity index (χ2v) is 4.38. The summed E-state index contributed by atoms with van der Waals surface area (Å²) in [6, 6.07) is 6.66. The minimum absolute atomic E-state index is 0.218. The van der Waals surface area contributed by atoms with Gasteiger partial charge in [-0.2, -0.15) is 5.10 Å². The molecule has 1 aromatic heterocycles. The monoisotopic (exact) mass is 287 g/mol. The van der Waals surface area contributed by atoms with Crippen LogP contribution in [0.25, 0.3) is 0 Å². The van der Waals surface area contributed by atoms with E-state index in [-0.39, 0.29) is 11.8 Å². The summed E-state index contributed by atoms with van der Waals surface area (Å²) in [6.45, 7) is 2.41. The topological polar surface area (TPSA) is 102 Å². The van der Waals surface area contributed by atoms with Crippen molar-refractivity contribution >= 4 is 23.2 Å². The van der Waals surface area contributed by atoms with Crippen LogP contribution in [0.15, 0.2) is 30.5 Å². The summed E-state index contributed by atoms with van der Waals surface area (Å²) in [4.78, 5) is 23.9. The smallest absolute Gasteiger partial charge is 0.276 e. The fourth-order valence-corrected chi connectivity index (χ4v) is 1.96. The summed E-state index contributed by atoms with van der Waals surface area (Å²) in [5.74, 6) is -0.579. The molecule has 0 bridgehead atoms. The molecule has 7 heteroatoms. The van der Waals surface area contributed by atoms with Crippen molar-refractivity contribution in [2.45, 2.75) is 13.5 Å². The minimum Gasteiger partial charge on any atom is -0.396 e. The van der Waals surface area contributed by atoms with Crippen LogP contribution in [-0.2, 0) is 6.54 Å². The molecule has 7 nitrogen and oxygen atoms in total. The van der Waals surface area contributed by atoms with E-state index in [1.54, 1.807) is 31.3 Å². The third kappa shape index (κ3) is 3.02. The number of amides is 2. The van der Waals surface area contributed by atoms with Gasteiger partial charge in [-0.15, -0.1) is 0 Å². The molecule has 0 radical (unpaired) electrons. The lowest BCUT2D eigenvalue weighted by atomic mass is 10.2. The van der Waals surface area contributed by atoms with Gasteiger partial charge in [0, 0.05) is 24.8 Å². The van der Waals surface area contributed by atoms with Gasteiger partial charge in [-0.1, -0.05) is 6.07 Å². The van der Waals surface area contributed by atoms with Crippen molar-refractivity contribution in [1.82, 2.24) is 15.1 Å². The highest BCUT2D eigenvalue weighted by Crippen LogP contribution is 2.15. The van der Waals surface area contributed by atoms with Crippen LogP contribution in [0.1, 0.15) is 27.8 Å². The van der Waals surface area contributed by atoms with Gasteiger partial charge in [0.1, 0.15) is 5.69 Å². The first kappa shape index (κ1) is 14.6. The number of anilines is 2. The van der Waals surface area contributed by atoms with Gasteiger partial charge >= 0.3 is 0 Å². The van der Waals surface area contributed by atoms with Gasteiger partial charge in [0.25, 0.3) is 11.8 Å². The molecule has 110 valence electrons. The summed E-state index contributed by atoms with van der Waals surface area (Å²) >= 11 is 0. The van der Waals surface area contributed by atoms with Crippen molar-refractivity contribution in [2.24, 2.45) is 0 Å². The summed E-state index contributed by atoms with van der Waals surface area (Å²) in [7, 11) is 1.55. The third-order valence-electron chi connectivity index (χ3n) is 2.99. The molecule has 0 aliphatic carbocycles. The maximum atomic E-state index is 12.3. The molecule has 0 atom stereocenters. The molecular weight excluding hydrogens is 270 g/mol. The second kappa shape index (κ2) is 6.08. The predicted molar refractivity (Wildman–Crippen MR) is 80.1 cm³/mol. The standard InChI is InChI=1S/C14H17N5O2/c1-3-19-12(11(15)8-17-19)14(21)18-10-6-4-5-9(7-10)13(20)16-2/h4-8H,3,15H2,1-2H3,(H,16,20)(H,18,21). The molecule has 0 fully saturated rings. The molecule has 0 spiro atoms. The molecule has 2 aromatic rings. The van der Waals surface area contributed by atoms with Crippen LogP contribution in [0.3, 0.4) is 0 Å². The Labute approximate surface area is 122 Å². The number of carbonyl (C=O) groups excluding carboxylic acids is 2. The number of carbonyl (C=O) groups is 2. The number of rotatable bonds is 4. The highest BCUT2D eigenvalue weighted by Gasteiger charge is 2.16. The van der Waals surface area contributed by atoms with Crippen molar-refractivity contribution < 1.29 is 9.59 Å². The Hall–Kier alpha value is -2.83. The second-order valence-electron chi connectivity index (χ2n) is 4.38. The van der Waals surface area contributed by atoms with Gasteiger partial charge in [0.2, 0.25) is 0 Å². The number of aryl methyl sites for hydroxylation is 1. The summed E-state index contributed by atoms with van der Waals surface area (Å²) in [5, 5.41) is 9.27. The van der Waals surface area contributed by atoms with E-state index < -0.39 is 0 Å². The summed E-state index contributed by atoms with van der Waals surface area (Å²) < 4.78 is 1.52. The average molecular weight is 287 g/mol. The van der Waals surface area contributed by atoms with E-state index in [1.807, 2.05) is 6.92 Å². The Morgan fingerprint density at radius 3 is 2.76 bits per heavy atom. The molecule has 1 heterocycles. The third-order valence-corrected chi connectivity index (χ3v) is 2.99. The number of nitrogen functional groups attached to an aromatic ring is 1. The zero-order valence-electron chi connectivity index (χ0n) is 11.9. The van der Waals surface area contributed by atoms with Crippen molar-refractivity contribution in [1.29, 1.82) is 0 Å². The van der Waals surface area contributed by atoms with E-state index in [4.69, 9.17) is 5.73 Å². The number of hydrogen-bond donors (Lipinski definition) is 3. The van der Waals surface area contributed by atoms with Crippen LogP contribution in [0.5, 0.6) is 0 Å². The van der Waals surface area contributed by atoms with E-state index in [1.165, 1.54) is 10.9 Å². The zero-order valence-corrected chi connectivity index (χ0v) is 11.9. The van der Waals surface area contributed by atoms with Crippen molar-refractivity contribution in [3.05, 3.63) is 41.7 Å². The van der Waals surface area contributed by atoms with Crippen LogP contribution in [0, 0.1) is 0 Å². The minimum atomic E-state index is -0.360. The summed E-state index contributed by atoms with van der Waals surface area (Å²) in [5.41, 5.74) is 7.37. The zero-order chi connectivity index (χ0) is 15.4. The molecule has 21 heavy (non-hydrogen) atoms. The maximum Gasteiger partial charge on any atom is 0.276 e. The fraction of sp³-hybridized carbons (Fsp3) is 0.214. The lowest BCUT2D eigenvalue weighted by Crippen LogP contribution is -2.20. The van der Waals surface area contributed by atoms with E-state index in [0.717, 1.165) is 0 Å². The molecule has 0 saturated carbocycles. The maximum absolute atomic E-state index is 12.3. The molecule has 0 aliphatic rings. The molecule has 4 N–H and O–H groups in total. The van der Waals surface area contributed by atoms with Crippen molar-refractivity contribution in [3.63, 3.8) is 0 Å². The predicted octanol–water partition coefficient (Wildman–Crippen LogP) is 1.10. The quantitative estimate of drug-likeness (QED) is 0.783. The molecule has 0 saturated heterocycles. The largest absolute Gasteiger partial charge is 0.396 e. The molecule has 1 aromatic carbocycles. The molecule has 0 aliphatic heterocycles. The SMILES string of the molecule is CCn1ncc(N)c1C(=O)Nc1cccc(C(=O)NC)c1. The van der Waals surface area contributed by atoms with Gasteiger partial charge in [0.05, 0.1) is 11.9 Å². The van der Waals surface area contributed by atoms with E-state index in [2.05, 4.69) is 15.7 Å². The van der Waals surface area contributed by atoms with Crippen LogP contribution < -0.4 is 16.4 Å². The number of hydrogen-bond acceptors (Lipinski definition) is 4. The van der Waals surface area contributed by atoms with Crippen LogP contribution in [-0.4, -0.2) is 28.6 Å². The summed E-state index contributed by atoms with van der Waals surface area (Å²) in [6.07, 6.45) is 1.44. The van der Waals surface area contributed by atoms with Gasteiger partial charge in [-0.3, -0.25) is 14.3 Å². The van der Waals surface area contributed by atoms with Crippen LogP contribution >= 0.6 is 0 Å². The molecule has 2 amide bonds. The lowest BCUT2D eigenvalue weighted by molar-refractivity contribution is 0.0961. The van der Waals surface area contributed by atoms with E-state index >= 15 is 0 Å². The fourth-order valence-electron chi connectivity index (χ4n) is 1.96. The average Bonchev–Trinajstić information content (AvgIpc) is 2.87. The normalized spacial score (nSPS) is 10.2. The Kier molecular flexibility index (Phi) is 4.22. The van der Waals surface area contributed by atoms with Crippen molar-refractivity contribution in [2.75, 3.05) is 18.1 Å². The Morgan fingerprint density at radius 1 is 1.33 bits per heavy atom. The number of aromatic nitrogens is 2. The van der Waals surface area contributed by atoms with Crippen molar-refractivity contribution in [3.8, 4) is 0 Å². The number of benzene rings is 1. The first-order chi connectivity index (χ1) is 10.1. The van der Waals surface area contributed by atoms with Crippen LogP contribution in [0.2, 0.25) is 0 Å². The Morgan fingerprint density at radius 2 is 2.10 bits per heavy atom. The van der Waals surface area contributed by atoms with Gasteiger partial charge < -0.3 is 16.4 Å². The first-order valence-corrected chi connectivity index (χ1v) is 6.51. The Bertz CT molecular complexity index is 678. The molecular formula is C14H17N5O2. The number of nitrogens with one attached hydrogen (secondary N) is 2. The van der Waals surface area contributed by atoms with Crippen LogP contribution in [0.4, 0.5) is 11.4 Å².